The first-order valence-corrected chi connectivity index (χ1v) is 9.21. The van der Waals surface area contributed by atoms with Crippen molar-refractivity contribution in [2.24, 2.45) is 5.92 Å². The van der Waals surface area contributed by atoms with Gasteiger partial charge in [0.2, 0.25) is 5.91 Å². The fourth-order valence-corrected chi connectivity index (χ4v) is 3.61. The van der Waals surface area contributed by atoms with Crippen molar-refractivity contribution in [1.82, 2.24) is 15.2 Å². The largest absolute Gasteiger partial charge is 0.352 e. The first-order valence-electron chi connectivity index (χ1n) is 8.45. The smallest absolute Gasteiger partial charge is 0.223 e. The number of likely N-dealkylation sites (tertiary alicyclic amines) is 1. The van der Waals surface area contributed by atoms with Crippen molar-refractivity contribution in [3.8, 4) is 0 Å². The molecule has 0 aliphatic carbocycles. The molecule has 4 nitrogen and oxygen atoms in total. The lowest BCUT2D eigenvalue weighted by Crippen LogP contribution is -2.40. The molecule has 0 spiro atoms. The third kappa shape index (κ3) is 4.94. The van der Waals surface area contributed by atoms with Crippen LogP contribution in [0.2, 0.25) is 10.0 Å². The molecule has 1 aliphatic heterocycles. The van der Waals surface area contributed by atoms with Gasteiger partial charge in [-0.25, -0.2) is 0 Å². The number of pyridine rings is 1. The van der Waals surface area contributed by atoms with Crippen molar-refractivity contribution >= 4 is 29.1 Å². The fraction of sp³-hybridized carbons (Fsp3) is 0.368. The molecule has 1 aliphatic rings. The van der Waals surface area contributed by atoms with Crippen LogP contribution in [0.3, 0.4) is 0 Å². The molecule has 2 aromatic rings. The van der Waals surface area contributed by atoms with E-state index in [-0.39, 0.29) is 11.8 Å². The van der Waals surface area contributed by atoms with Gasteiger partial charge in [-0.1, -0.05) is 35.3 Å². The van der Waals surface area contributed by atoms with Crippen LogP contribution in [0.4, 0.5) is 0 Å². The van der Waals surface area contributed by atoms with Gasteiger partial charge in [-0.05, 0) is 49.7 Å². The Kier molecular flexibility index (Phi) is 6.29. The highest BCUT2D eigenvalue weighted by Crippen LogP contribution is 2.27. The lowest BCUT2D eigenvalue weighted by Gasteiger charge is -2.31. The van der Waals surface area contributed by atoms with Crippen molar-refractivity contribution in [2.45, 2.75) is 25.9 Å². The summed E-state index contributed by atoms with van der Waals surface area (Å²) >= 11 is 12.5. The van der Waals surface area contributed by atoms with E-state index in [0.717, 1.165) is 43.6 Å². The number of amides is 1. The summed E-state index contributed by atoms with van der Waals surface area (Å²) in [7, 11) is 0. The van der Waals surface area contributed by atoms with Gasteiger partial charge in [0.25, 0.3) is 0 Å². The molecular weight excluding hydrogens is 357 g/mol. The molecule has 3 rings (SSSR count). The molecule has 1 N–H and O–H groups in total. The van der Waals surface area contributed by atoms with Crippen molar-refractivity contribution in [3.05, 3.63) is 63.9 Å². The highest BCUT2D eigenvalue weighted by atomic mass is 35.5. The Bertz CT molecular complexity index is 696. The van der Waals surface area contributed by atoms with Gasteiger partial charge >= 0.3 is 0 Å². The van der Waals surface area contributed by atoms with Crippen LogP contribution in [0, 0.1) is 5.92 Å². The molecule has 0 unspecified atom stereocenters. The molecule has 1 saturated heterocycles. The molecule has 2 heterocycles. The van der Waals surface area contributed by atoms with Crippen LogP contribution in [0.15, 0.2) is 42.7 Å². The van der Waals surface area contributed by atoms with Crippen molar-refractivity contribution in [3.63, 3.8) is 0 Å². The quantitative estimate of drug-likeness (QED) is 0.858. The zero-order chi connectivity index (χ0) is 17.6. The van der Waals surface area contributed by atoms with Crippen molar-refractivity contribution in [2.75, 3.05) is 13.1 Å². The van der Waals surface area contributed by atoms with E-state index >= 15 is 0 Å². The first-order chi connectivity index (χ1) is 12.1. The second-order valence-corrected chi connectivity index (χ2v) is 7.14. The zero-order valence-electron chi connectivity index (χ0n) is 13.9. The zero-order valence-corrected chi connectivity index (χ0v) is 15.4. The number of hydrogen-bond donors (Lipinski definition) is 1. The van der Waals surface area contributed by atoms with Crippen LogP contribution in [0.5, 0.6) is 0 Å². The van der Waals surface area contributed by atoms with E-state index in [9.17, 15) is 4.79 Å². The van der Waals surface area contributed by atoms with Crippen LogP contribution >= 0.6 is 23.2 Å². The molecule has 6 heteroatoms. The van der Waals surface area contributed by atoms with Gasteiger partial charge in [-0.3, -0.25) is 14.7 Å². The topological polar surface area (TPSA) is 45.2 Å². The highest BCUT2D eigenvalue weighted by molar-refractivity contribution is 6.35. The number of carbonyl (C=O) groups is 1. The van der Waals surface area contributed by atoms with Crippen LogP contribution < -0.4 is 5.32 Å². The van der Waals surface area contributed by atoms with Gasteiger partial charge in [-0.2, -0.15) is 0 Å². The fourth-order valence-electron chi connectivity index (χ4n) is 3.10. The third-order valence-electron chi connectivity index (χ3n) is 4.59. The second-order valence-electron chi connectivity index (χ2n) is 6.33. The standard InChI is InChI=1S/C19H21Cl2N3O/c20-17-4-1-5-18(21)16(17)13-24-9-6-15(7-10-24)19(25)23-12-14-3-2-8-22-11-14/h1-5,8,11,15H,6-7,9-10,12-13H2,(H,23,25). The van der Waals surface area contributed by atoms with E-state index in [0.29, 0.717) is 16.6 Å². The van der Waals surface area contributed by atoms with Gasteiger partial charge in [0.15, 0.2) is 0 Å². The molecule has 0 bridgehead atoms. The third-order valence-corrected chi connectivity index (χ3v) is 5.30. The van der Waals surface area contributed by atoms with Crippen molar-refractivity contribution in [1.29, 1.82) is 0 Å². The molecule has 0 radical (unpaired) electrons. The summed E-state index contributed by atoms with van der Waals surface area (Å²) in [6.45, 7) is 2.99. The van der Waals surface area contributed by atoms with Crippen LogP contribution in [0.1, 0.15) is 24.0 Å². The van der Waals surface area contributed by atoms with Gasteiger partial charge in [0.05, 0.1) is 0 Å². The Morgan fingerprint density at radius 2 is 1.88 bits per heavy atom. The van der Waals surface area contributed by atoms with E-state index in [4.69, 9.17) is 23.2 Å². The van der Waals surface area contributed by atoms with Crippen LogP contribution in [-0.2, 0) is 17.9 Å². The van der Waals surface area contributed by atoms with Gasteiger partial charge in [0, 0.05) is 47.0 Å². The maximum Gasteiger partial charge on any atom is 0.223 e. The first kappa shape index (κ1) is 18.2. The average molecular weight is 378 g/mol. The number of nitrogens with zero attached hydrogens (tertiary/aromatic N) is 2. The van der Waals surface area contributed by atoms with E-state index in [1.807, 2.05) is 30.3 Å². The number of benzene rings is 1. The number of nitrogens with one attached hydrogen (secondary N) is 1. The number of halogens is 2. The maximum absolute atomic E-state index is 12.4. The summed E-state index contributed by atoms with van der Waals surface area (Å²) < 4.78 is 0. The highest BCUT2D eigenvalue weighted by Gasteiger charge is 2.25. The number of piperidine rings is 1. The van der Waals surface area contributed by atoms with Crippen LogP contribution in [0.25, 0.3) is 0 Å². The molecule has 25 heavy (non-hydrogen) atoms. The van der Waals surface area contributed by atoms with Gasteiger partial charge in [0.1, 0.15) is 0 Å². The summed E-state index contributed by atoms with van der Waals surface area (Å²) in [5.41, 5.74) is 1.98. The summed E-state index contributed by atoms with van der Waals surface area (Å²) in [5.74, 6) is 0.189. The predicted molar refractivity (Wildman–Crippen MR) is 101 cm³/mol. The molecule has 1 fully saturated rings. The molecule has 0 saturated carbocycles. The summed E-state index contributed by atoms with van der Waals surface area (Å²) in [6, 6.07) is 9.42. The Morgan fingerprint density at radius 3 is 2.52 bits per heavy atom. The molecule has 0 atom stereocenters. The lowest BCUT2D eigenvalue weighted by atomic mass is 9.95. The summed E-state index contributed by atoms with van der Waals surface area (Å²) in [4.78, 5) is 18.7. The molecule has 1 amide bonds. The second kappa shape index (κ2) is 8.65. The van der Waals surface area contributed by atoms with E-state index in [1.165, 1.54) is 0 Å². The molecule has 1 aromatic heterocycles. The number of hydrogen-bond acceptors (Lipinski definition) is 3. The van der Waals surface area contributed by atoms with Crippen LogP contribution in [-0.4, -0.2) is 28.9 Å². The minimum absolute atomic E-state index is 0.0645. The van der Waals surface area contributed by atoms with E-state index in [1.54, 1.807) is 12.4 Å². The van der Waals surface area contributed by atoms with Gasteiger partial charge < -0.3 is 5.32 Å². The number of rotatable bonds is 5. The average Bonchev–Trinajstić information content (AvgIpc) is 2.64. The molecule has 132 valence electrons. The Labute approximate surface area is 158 Å². The normalized spacial score (nSPS) is 15.9. The minimum atomic E-state index is 0.0645. The Morgan fingerprint density at radius 1 is 1.16 bits per heavy atom. The maximum atomic E-state index is 12.4. The minimum Gasteiger partial charge on any atom is -0.352 e. The predicted octanol–water partition coefficient (Wildman–Crippen LogP) is 3.92. The monoisotopic (exact) mass is 377 g/mol. The Balaban J connectivity index is 1.47. The lowest BCUT2D eigenvalue weighted by molar-refractivity contribution is -0.126. The number of carbonyl (C=O) groups excluding carboxylic acids is 1. The van der Waals surface area contributed by atoms with E-state index < -0.39 is 0 Å². The number of aromatic nitrogens is 1. The van der Waals surface area contributed by atoms with Gasteiger partial charge in [-0.15, -0.1) is 0 Å². The van der Waals surface area contributed by atoms with E-state index in [2.05, 4.69) is 15.2 Å². The Hall–Kier alpha value is -1.62. The SMILES string of the molecule is O=C(NCc1cccnc1)C1CCN(Cc2c(Cl)cccc2Cl)CC1. The summed E-state index contributed by atoms with van der Waals surface area (Å²) in [5, 5.41) is 4.41. The molecule has 1 aromatic carbocycles. The summed E-state index contributed by atoms with van der Waals surface area (Å²) in [6.07, 6.45) is 5.20. The molecular formula is C19H21Cl2N3O. The van der Waals surface area contributed by atoms with Crippen molar-refractivity contribution < 1.29 is 4.79 Å².